The molecule has 0 fully saturated rings. The van der Waals surface area contributed by atoms with E-state index in [1.165, 1.54) is 0 Å². The van der Waals surface area contributed by atoms with Gasteiger partial charge in [0.05, 0.1) is 11.6 Å². The largest absolute Gasteiger partial charge is 0.459 e. The van der Waals surface area contributed by atoms with E-state index in [0.717, 1.165) is 5.56 Å². The molecule has 134 valence electrons. The van der Waals surface area contributed by atoms with Crippen LogP contribution in [0.3, 0.4) is 0 Å². The van der Waals surface area contributed by atoms with Crippen molar-refractivity contribution in [3.8, 4) is 6.07 Å². The highest BCUT2D eigenvalue weighted by Crippen LogP contribution is 2.12. The van der Waals surface area contributed by atoms with Crippen LogP contribution in [0.4, 0.5) is 0 Å². The van der Waals surface area contributed by atoms with Crippen molar-refractivity contribution in [1.29, 1.82) is 5.26 Å². The van der Waals surface area contributed by atoms with Crippen LogP contribution in [-0.4, -0.2) is 17.9 Å². The monoisotopic (exact) mass is 350 g/mol. The van der Waals surface area contributed by atoms with Crippen molar-refractivity contribution >= 4 is 11.9 Å². The molecule has 0 saturated heterocycles. The number of rotatable bonds is 6. The highest BCUT2D eigenvalue weighted by Gasteiger charge is 2.26. The maximum absolute atomic E-state index is 12.5. The Morgan fingerprint density at radius 2 is 1.77 bits per heavy atom. The fourth-order valence-corrected chi connectivity index (χ4v) is 2.42. The molecule has 26 heavy (non-hydrogen) atoms. The van der Waals surface area contributed by atoms with Crippen molar-refractivity contribution in [1.82, 2.24) is 5.32 Å². The van der Waals surface area contributed by atoms with E-state index >= 15 is 0 Å². The number of benzene rings is 2. The van der Waals surface area contributed by atoms with Crippen LogP contribution in [0, 0.1) is 24.2 Å². The summed E-state index contributed by atoms with van der Waals surface area (Å²) in [7, 11) is 0. The molecule has 0 aliphatic rings. The second-order valence-corrected chi connectivity index (χ2v) is 6.44. The predicted octanol–water partition coefficient (Wildman–Crippen LogP) is 3.36. The summed E-state index contributed by atoms with van der Waals surface area (Å²) in [4.78, 5) is 24.8. The molecule has 1 atom stereocenters. The van der Waals surface area contributed by atoms with E-state index in [1.807, 2.05) is 32.9 Å². The molecule has 0 bridgehead atoms. The number of aryl methyl sites for hydroxylation is 1. The molecule has 0 radical (unpaired) electrons. The Morgan fingerprint density at radius 3 is 2.38 bits per heavy atom. The summed E-state index contributed by atoms with van der Waals surface area (Å²) in [5.41, 5.74) is 2.64. The van der Waals surface area contributed by atoms with Crippen LogP contribution in [0.2, 0.25) is 0 Å². The highest BCUT2D eigenvalue weighted by molar-refractivity contribution is 5.96. The van der Waals surface area contributed by atoms with Gasteiger partial charge in [-0.1, -0.05) is 49.7 Å². The summed E-state index contributed by atoms with van der Waals surface area (Å²) in [5.74, 6) is -0.977. The van der Waals surface area contributed by atoms with Crippen molar-refractivity contribution in [2.75, 3.05) is 0 Å². The third kappa shape index (κ3) is 4.93. The van der Waals surface area contributed by atoms with Gasteiger partial charge in [-0.3, -0.25) is 4.79 Å². The van der Waals surface area contributed by atoms with E-state index in [-0.39, 0.29) is 18.4 Å². The Morgan fingerprint density at radius 1 is 1.12 bits per heavy atom. The maximum Gasteiger partial charge on any atom is 0.329 e. The third-order valence-electron chi connectivity index (χ3n) is 4.03. The van der Waals surface area contributed by atoms with Crippen LogP contribution < -0.4 is 5.32 Å². The summed E-state index contributed by atoms with van der Waals surface area (Å²) >= 11 is 0. The van der Waals surface area contributed by atoms with Gasteiger partial charge in [-0.05, 0) is 31.0 Å². The fourth-order valence-electron chi connectivity index (χ4n) is 2.42. The second-order valence-electron chi connectivity index (χ2n) is 6.44. The molecule has 2 rings (SSSR count). The van der Waals surface area contributed by atoms with E-state index in [0.29, 0.717) is 16.7 Å². The number of ether oxygens (including phenoxy) is 1. The molecule has 0 aromatic heterocycles. The summed E-state index contributed by atoms with van der Waals surface area (Å²) in [6.07, 6.45) is 0. The lowest BCUT2D eigenvalue weighted by Crippen LogP contribution is -2.45. The van der Waals surface area contributed by atoms with Gasteiger partial charge in [-0.2, -0.15) is 5.26 Å². The second kappa shape index (κ2) is 8.82. The molecule has 0 spiro atoms. The molecule has 0 aliphatic heterocycles. The number of hydrogen-bond acceptors (Lipinski definition) is 4. The van der Waals surface area contributed by atoms with Crippen LogP contribution >= 0.6 is 0 Å². The van der Waals surface area contributed by atoms with Gasteiger partial charge in [-0.25, -0.2) is 4.79 Å². The Balaban J connectivity index is 2.04. The normalized spacial score (nSPS) is 11.5. The van der Waals surface area contributed by atoms with Crippen LogP contribution in [-0.2, 0) is 16.1 Å². The number of esters is 1. The SMILES string of the molecule is Cc1ccc(C(=O)N[C@H](C(=O)OCc2ccccc2C#N)C(C)C)cc1. The van der Waals surface area contributed by atoms with Gasteiger partial charge in [0, 0.05) is 11.1 Å². The third-order valence-corrected chi connectivity index (χ3v) is 4.03. The average Bonchev–Trinajstić information content (AvgIpc) is 2.64. The number of nitrogens with zero attached hydrogens (tertiary/aromatic N) is 1. The zero-order chi connectivity index (χ0) is 19.1. The minimum absolute atomic E-state index is 0.00775. The first-order chi connectivity index (χ1) is 12.4. The molecule has 0 unspecified atom stereocenters. The summed E-state index contributed by atoms with van der Waals surface area (Å²) in [6, 6.07) is 15.4. The molecule has 5 nitrogen and oxygen atoms in total. The van der Waals surface area contributed by atoms with E-state index in [4.69, 9.17) is 10.00 Å². The van der Waals surface area contributed by atoms with Gasteiger partial charge in [0.2, 0.25) is 0 Å². The van der Waals surface area contributed by atoms with Crippen molar-refractivity contribution in [3.63, 3.8) is 0 Å². The molecule has 1 N–H and O–H groups in total. The first kappa shape index (κ1) is 19.2. The summed E-state index contributed by atoms with van der Waals surface area (Å²) < 4.78 is 5.35. The lowest BCUT2D eigenvalue weighted by Gasteiger charge is -2.21. The number of amides is 1. The summed E-state index contributed by atoms with van der Waals surface area (Å²) in [5, 5.41) is 11.8. The smallest absolute Gasteiger partial charge is 0.329 e. The van der Waals surface area contributed by atoms with Crippen LogP contribution in [0.1, 0.15) is 40.9 Å². The fraction of sp³-hybridized carbons (Fsp3) is 0.286. The number of carbonyl (C=O) groups is 2. The molecule has 2 aromatic rings. The van der Waals surface area contributed by atoms with Crippen LogP contribution in [0.5, 0.6) is 0 Å². The first-order valence-corrected chi connectivity index (χ1v) is 8.44. The Bertz CT molecular complexity index is 820. The zero-order valence-corrected chi connectivity index (χ0v) is 15.2. The zero-order valence-electron chi connectivity index (χ0n) is 15.2. The Kier molecular flexibility index (Phi) is 6.51. The average molecular weight is 350 g/mol. The Hall–Kier alpha value is -3.13. The number of nitriles is 1. The lowest BCUT2D eigenvalue weighted by atomic mass is 10.0. The van der Waals surface area contributed by atoms with E-state index in [2.05, 4.69) is 11.4 Å². The van der Waals surface area contributed by atoms with Crippen molar-refractivity contribution < 1.29 is 14.3 Å². The Labute approximate surface area is 153 Å². The molecular weight excluding hydrogens is 328 g/mol. The van der Waals surface area contributed by atoms with E-state index in [9.17, 15) is 9.59 Å². The minimum Gasteiger partial charge on any atom is -0.459 e. The minimum atomic E-state index is -0.766. The molecule has 0 saturated carbocycles. The maximum atomic E-state index is 12.5. The molecule has 5 heteroatoms. The lowest BCUT2D eigenvalue weighted by molar-refractivity contribution is -0.148. The molecule has 2 aromatic carbocycles. The molecule has 1 amide bonds. The van der Waals surface area contributed by atoms with Crippen LogP contribution in [0.25, 0.3) is 0 Å². The quantitative estimate of drug-likeness (QED) is 0.810. The number of hydrogen-bond donors (Lipinski definition) is 1. The predicted molar refractivity (Wildman–Crippen MR) is 98.2 cm³/mol. The topological polar surface area (TPSA) is 79.2 Å². The van der Waals surface area contributed by atoms with Gasteiger partial charge in [0.1, 0.15) is 12.6 Å². The van der Waals surface area contributed by atoms with Gasteiger partial charge < -0.3 is 10.1 Å². The highest BCUT2D eigenvalue weighted by atomic mass is 16.5. The van der Waals surface area contributed by atoms with Crippen molar-refractivity contribution in [2.45, 2.75) is 33.4 Å². The van der Waals surface area contributed by atoms with Crippen molar-refractivity contribution in [3.05, 3.63) is 70.8 Å². The van der Waals surface area contributed by atoms with Gasteiger partial charge >= 0.3 is 5.97 Å². The number of carbonyl (C=O) groups excluding carboxylic acids is 2. The van der Waals surface area contributed by atoms with E-state index < -0.39 is 12.0 Å². The molecule has 0 heterocycles. The van der Waals surface area contributed by atoms with Crippen LogP contribution in [0.15, 0.2) is 48.5 Å². The van der Waals surface area contributed by atoms with Crippen molar-refractivity contribution in [2.24, 2.45) is 5.92 Å². The molecule has 0 aliphatic carbocycles. The van der Waals surface area contributed by atoms with E-state index in [1.54, 1.807) is 36.4 Å². The van der Waals surface area contributed by atoms with Gasteiger partial charge in [0.15, 0.2) is 0 Å². The first-order valence-electron chi connectivity index (χ1n) is 8.44. The van der Waals surface area contributed by atoms with Gasteiger partial charge in [0.25, 0.3) is 5.91 Å². The molecular formula is C21H22N2O3. The summed E-state index contributed by atoms with van der Waals surface area (Å²) in [6.45, 7) is 5.61. The standard InChI is InChI=1S/C21H22N2O3/c1-14(2)19(23-20(24)16-10-8-15(3)9-11-16)21(25)26-13-18-7-5-4-6-17(18)12-22/h4-11,14,19H,13H2,1-3H3,(H,23,24)/t19-/m0/s1. The van der Waals surface area contributed by atoms with Gasteiger partial charge in [-0.15, -0.1) is 0 Å². The number of nitrogens with one attached hydrogen (secondary N) is 1.